The van der Waals surface area contributed by atoms with Crippen LogP contribution in [0.15, 0.2) is 6.08 Å². The van der Waals surface area contributed by atoms with Gasteiger partial charge in [0.2, 0.25) is 0 Å². The highest BCUT2D eigenvalue weighted by Crippen LogP contribution is 2.13. The largest absolute Gasteiger partial charge is 0.449 e. The van der Waals surface area contributed by atoms with E-state index in [0.717, 1.165) is 23.4 Å². The standard InChI is InChI=1S/C15H23N3O3/c1-6-9-16-15(20)12(4)21-14(19)8-7-13-10(2)17-18(5)11(13)3/h7-8,12H,6,9H2,1-5H3,(H,16,20)/b8-7+/t12-/m0/s1. The number of nitrogens with one attached hydrogen (secondary N) is 1. The second kappa shape index (κ2) is 7.61. The summed E-state index contributed by atoms with van der Waals surface area (Å²) in [6.45, 7) is 7.88. The van der Waals surface area contributed by atoms with E-state index >= 15 is 0 Å². The molecule has 0 aliphatic heterocycles. The molecule has 0 unspecified atom stereocenters. The maximum atomic E-state index is 11.7. The monoisotopic (exact) mass is 293 g/mol. The van der Waals surface area contributed by atoms with E-state index in [9.17, 15) is 9.59 Å². The summed E-state index contributed by atoms with van der Waals surface area (Å²) in [4.78, 5) is 23.3. The van der Waals surface area contributed by atoms with Crippen molar-refractivity contribution in [2.24, 2.45) is 7.05 Å². The summed E-state index contributed by atoms with van der Waals surface area (Å²) < 4.78 is 6.80. The van der Waals surface area contributed by atoms with Crippen molar-refractivity contribution in [2.75, 3.05) is 6.54 Å². The average Bonchev–Trinajstić information content (AvgIpc) is 2.67. The second-order valence-corrected chi connectivity index (χ2v) is 4.91. The Morgan fingerprint density at radius 1 is 1.43 bits per heavy atom. The number of carbonyl (C=O) groups excluding carboxylic acids is 2. The Kier molecular flexibility index (Phi) is 6.14. The van der Waals surface area contributed by atoms with E-state index < -0.39 is 12.1 Å². The van der Waals surface area contributed by atoms with Gasteiger partial charge in [0.05, 0.1) is 5.69 Å². The lowest BCUT2D eigenvalue weighted by atomic mass is 10.2. The highest BCUT2D eigenvalue weighted by atomic mass is 16.5. The third kappa shape index (κ3) is 4.73. The number of aromatic nitrogens is 2. The van der Waals surface area contributed by atoms with Crippen LogP contribution in [0.1, 0.15) is 37.2 Å². The molecule has 0 saturated carbocycles. The molecule has 1 rings (SSSR count). The van der Waals surface area contributed by atoms with Crippen molar-refractivity contribution in [1.82, 2.24) is 15.1 Å². The number of ether oxygens (including phenoxy) is 1. The summed E-state index contributed by atoms with van der Waals surface area (Å²) in [5.41, 5.74) is 2.69. The molecule has 21 heavy (non-hydrogen) atoms. The first-order valence-corrected chi connectivity index (χ1v) is 7.03. The molecule has 1 atom stereocenters. The zero-order valence-electron chi connectivity index (χ0n) is 13.3. The summed E-state index contributed by atoms with van der Waals surface area (Å²) in [5.74, 6) is -0.829. The SMILES string of the molecule is CCCNC(=O)[C@H](C)OC(=O)/C=C/c1c(C)nn(C)c1C. The maximum absolute atomic E-state index is 11.7. The Labute approximate surface area is 125 Å². The van der Waals surface area contributed by atoms with Gasteiger partial charge in [-0.25, -0.2) is 4.79 Å². The zero-order valence-corrected chi connectivity index (χ0v) is 13.3. The topological polar surface area (TPSA) is 73.2 Å². The van der Waals surface area contributed by atoms with Crippen molar-refractivity contribution >= 4 is 18.0 Å². The van der Waals surface area contributed by atoms with Gasteiger partial charge in [-0.15, -0.1) is 0 Å². The van der Waals surface area contributed by atoms with Crippen LogP contribution in [-0.2, 0) is 21.4 Å². The Bertz CT molecular complexity index is 547. The lowest BCUT2D eigenvalue weighted by Gasteiger charge is -2.11. The molecular weight excluding hydrogens is 270 g/mol. The average molecular weight is 293 g/mol. The van der Waals surface area contributed by atoms with Crippen molar-refractivity contribution in [2.45, 2.75) is 40.2 Å². The van der Waals surface area contributed by atoms with Crippen LogP contribution in [0.5, 0.6) is 0 Å². The van der Waals surface area contributed by atoms with Gasteiger partial charge in [-0.3, -0.25) is 9.48 Å². The fourth-order valence-corrected chi connectivity index (χ4v) is 1.84. The minimum Gasteiger partial charge on any atom is -0.449 e. The van der Waals surface area contributed by atoms with Crippen molar-refractivity contribution in [3.63, 3.8) is 0 Å². The third-order valence-electron chi connectivity index (χ3n) is 3.16. The molecule has 6 heteroatoms. The van der Waals surface area contributed by atoms with E-state index in [-0.39, 0.29) is 5.91 Å². The van der Waals surface area contributed by atoms with E-state index in [2.05, 4.69) is 10.4 Å². The number of aryl methyl sites for hydroxylation is 2. The molecule has 0 fully saturated rings. The lowest BCUT2D eigenvalue weighted by Crippen LogP contribution is -2.35. The molecule has 1 aromatic rings. The van der Waals surface area contributed by atoms with E-state index in [4.69, 9.17) is 4.74 Å². The zero-order chi connectivity index (χ0) is 16.0. The van der Waals surface area contributed by atoms with Crippen LogP contribution in [0.2, 0.25) is 0 Å². The number of hydrogen-bond acceptors (Lipinski definition) is 4. The van der Waals surface area contributed by atoms with Crippen LogP contribution in [-0.4, -0.2) is 34.3 Å². The molecule has 0 aromatic carbocycles. The van der Waals surface area contributed by atoms with Crippen LogP contribution in [0.3, 0.4) is 0 Å². The number of carbonyl (C=O) groups is 2. The maximum Gasteiger partial charge on any atom is 0.331 e. The first kappa shape index (κ1) is 16.9. The van der Waals surface area contributed by atoms with Gasteiger partial charge in [0.1, 0.15) is 0 Å². The summed E-state index contributed by atoms with van der Waals surface area (Å²) >= 11 is 0. The van der Waals surface area contributed by atoms with E-state index in [1.807, 2.05) is 27.8 Å². The fourth-order valence-electron chi connectivity index (χ4n) is 1.84. The molecule has 0 saturated heterocycles. The quantitative estimate of drug-likeness (QED) is 0.637. The number of rotatable bonds is 6. The Morgan fingerprint density at radius 2 is 2.10 bits per heavy atom. The summed E-state index contributed by atoms with van der Waals surface area (Å²) in [7, 11) is 1.85. The van der Waals surface area contributed by atoms with E-state index in [1.54, 1.807) is 17.7 Å². The van der Waals surface area contributed by atoms with Gasteiger partial charge in [-0.05, 0) is 33.3 Å². The van der Waals surface area contributed by atoms with Crippen LogP contribution >= 0.6 is 0 Å². The molecule has 1 N–H and O–H groups in total. The normalized spacial score (nSPS) is 12.4. The van der Waals surface area contributed by atoms with E-state index in [0.29, 0.717) is 6.54 Å². The van der Waals surface area contributed by atoms with Gasteiger partial charge in [0.25, 0.3) is 5.91 Å². The molecule has 0 aliphatic rings. The molecule has 0 aliphatic carbocycles. The molecule has 1 aromatic heterocycles. The summed E-state index contributed by atoms with van der Waals surface area (Å²) in [6.07, 6.45) is 3.02. The smallest absolute Gasteiger partial charge is 0.331 e. The molecule has 116 valence electrons. The number of amides is 1. The predicted molar refractivity (Wildman–Crippen MR) is 80.6 cm³/mol. The molecule has 0 radical (unpaired) electrons. The Balaban J connectivity index is 2.61. The molecule has 0 bridgehead atoms. The highest BCUT2D eigenvalue weighted by molar-refractivity contribution is 5.90. The fraction of sp³-hybridized carbons (Fsp3) is 0.533. The van der Waals surface area contributed by atoms with Crippen LogP contribution in [0.4, 0.5) is 0 Å². The lowest BCUT2D eigenvalue weighted by molar-refractivity contribution is -0.150. The van der Waals surface area contributed by atoms with Gasteiger partial charge in [-0.1, -0.05) is 6.92 Å². The molecule has 1 heterocycles. The van der Waals surface area contributed by atoms with Crippen LogP contribution < -0.4 is 5.32 Å². The van der Waals surface area contributed by atoms with Gasteiger partial charge in [0.15, 0.2) is 6.10 Å². The van der Waals surface area contributed by atoms with Gasteiger partial charge < -0.3 is 10.1 Å². The van der Waals surface area contributed by atoms with E-state index in [1.165, 1.54) is 6.08 Å². The third-order valence-corrected chi connectivity index (χ3v) is 3.16. The number of esters is 1. The minimum atomic E-state index is -0.801. The summed E-state index contributed by atoms with van der Waals surface area (Å²) in [5, 5.41) is 6.94. The number of hydrogen-bond donors (Lipinski definition) is 1. The van der Waals surface area contributed by atoms with Crippen LogP contribution in [0, 0.1) is 13.8 Å². The molecule has 0 spiro atoms. The molecular formula is C15H23N3O3. The van der Waals surface area contributed by atoms with Crippen molar-refractivity contribution in [3.8, 4) is 0 Å². The van der Waals surface area contributed by atoms with Crippen molar-refractivity contribution in [3.05, 3.63) is 23.0 Å². The second-order valence-electron chi connectivity index (χ2n) is 4.91. The number of nitrogens with zero attached hydrogens (tertiary/aromatic N) is 2. The van der Waals surface area contributed by atoms with Crippen LogP contribution in [0.25, 0.3) is 6.08 Å². The molecule has 6 nitrogen and oxygen atoms in total. The Morgan fingerprint density at radius 3 is 2.62 bits per heavy atom. The van der Waals surface area contributed by atoms with Crippen molar-refractivity contribution < 1.29 is 14.3 Å². The summed E-state index contributed by atoms with van der Waals surface area (Å²) in [6, 6.07) is 0. The first-order valence-electron chi connectivity index (χ1n) is 7.03. The predicted octanol–water partition coefficient (Wildman–Crippen LogP) is 1.51. The van der Waals surface area contributed by atoms with Gasteiger partial charge >= 0.3 is 5.97 Å². The van der Waals surface area contributed by atoms with Crippen molar-refractivity contribution in [1.29, 1.82) is 0 Å². The Hall–Kier alpha value is -2.11. The van der Waals surface area contributed by atoms with Gasteiger partial charge in [0, 0.05) is 30.9 Å². The molecule has 1 amide bonds. The first-order chi connectivity index (χ1) is 9.86. The minimum absolute atomic E-state index is 0.285. The highest BCUT2D eigenvalue weighted by Gasteiger charge is 2.15. The van der Waals surface area contributed by atoms with Gasteiger partial charge in [-0.2, -0.15) is 5.10 Å².